The summed E-state index contributed by atoms with van der Waals surface area (Å²) in [5.74, 6) is 0. The van der Waals surface area contributed by atoms with E-state index in [1.807, 2.05) is 18.5 Å². The highest BCUT2D eigenvalue weighted by atomic mass is 15.4. The third kappa shape index (κ3) is 2.90. The largest absolute Gasteiger partial charge is 0.354 e. The third-order valence-electron chi connectivity index (χ3n) is 5.69. The second kappa shape index (κ2) is 6.91. The van der Waals surface area contributed by atoms with Crippen LogP contribution in [0.3, 0.4) is 0 Å². The first-order chi connectivity index (χ1) is 15.3. The lowest BCUT2D eigenvalue weighted by Crippen LogP contribution is -2.24. The summed E-state index contributed by atoms with van der Waals surface area (Å²) < 4.78 is 1.76. The van der Waals surface area contributed by atoms with E-state index in [2.05, 4.69) is 80.4 Å². The van der Waals surface area contributed by atoms with Crippen molar-refractivity contribution in [3.63, 3.8) is 0 Å². The van der Waals surface area contributed by atoms with E-state index in [1.54, 1.807) is 23.5 Å². The highest BCUT2D eigenvalue weighted by Crippen LogP contribution is 2.44. The van der Waals surface area contributed by atoms with Crippen molar-refractivity contribution in [2.45, 2.75) is 0 Å². The molecule has 31 heavy (non-hydrogen) atoms. The van der Waals surface area contributed by atoms with Crippen LogP contribution < -0.4 is 9.80 Å². The zero-order chi connectivity index (χ0) is 20.8. The predicted molar refractivity (Wildman–Crippen MR) is 122 cm³/mol. The number of pyridine rings is 2. The molecule has 1 aliphatic rings. The number of nitrogens with zero attached hydrogens (tertiary/aromatic N) is 7. The van der Waals surface area contributed by atoms with Gasteiger partial charge in [0.15, 0.2) is 0 Å². The molecule has 3 aromatic heterocycles. The molecule has 1 aliphatic heterocycles. The first-order valence-electron chi connectivity index (χ1n) is 10.0. The van der Waals surface area contributed by atoms with Gasteiger partial charge in [-0.05, 0) is 48.0 Å². The number of hydrogen-bond acceptors (Lipinski definition) is 6. The van der Waals surface area contributed by atoms with E-state index < -0.39 is 0 Å². The van der Waals surface area contributed by atoms with Crippen LogP contribution >= 0.6 is 0 Å². The smallest absolute Gasteiger partial charge is 0.138 e. The summed E-state index contributed by atoms with van der Waals surface area (Å²) in [7, 11) is 2.10. The van der Waals surface area contributed by atoms with Crippen LogP contribution in [0, 0.1) is 0 Å². The van der Waals surface area contributed by atoms with Crippen LogP contribution in [-0.2, 0) is 0 Å². The topological polar surface area (TPSA) is 63.0 Å². The van der Waals surface area contributed by atoms with Crippen LogP contribution in [0.15, 0.2) is 85.8 Å². The Morgan fingerprint density at radius 1 is 0.871 bits per heavy atom. The van der Waals surface area contributed by atoms with Gasteiger partial charge < -0.3 is 9.80 Å². The van der Waals surface area contributed by atoms with E-state index in [-0.39, 0.29) is 0 Å². The monoisotopic (exact) mass is 405 g/mol. The predicted octanol–water partition coefficient (Wildman–Crippen LogP) is 4.42. The quantitative estimate of drug-likeness (QED) is 0.443. The molecule has 0 amide bonds. The van der Waals surface area contributed by atoms with E-state index in [9.17, 15) is 0 Å². The van der Waals surface area contributed by atoms with Crippen LogP contribution in [0.2, 0.25) is 0 Å². The van der Waals surface area contributed by atoms with Crippen molar-refractivity contribution in [2.75, 3.05) is 23.5 Å². The molecule has 0 fully saturated rings. The fourth-order valence-electron chi connectivity index (χ4n) is 4.14. The van der Waals surface area contributed by atoms with E-state index in [0.717, 1.165) is 45.8 Å². The molecule has 0 bridgehead atoms. The Morgan fingerprint density at radius 2 is 1.74 bits per heavy atom. The number of anilines is 3. The van der Waals surface area contributed by atoms with Gasteiger partial charge >= 0.3 is 0 Å². The summed E-state index contributed by atoms with van der Waals surface area (Å²) >= 11 is 0. The molecule has 0 atom stereocenters. The van der Waals surface area contributed by atoms with Crippen LogP contribution in [0.4, 0.5) is 17.1 Å². The first kappa shape index (κ1) is 17.6. The normalized spacial score (nSPS) is 13.1. The number of hydrogen-bond donors (Lipinski definition) is 0. The number of aromatic nitrogens is 5. The molecule has 0 saturated carbocycles. The van der Waals surface area contributed by atoms with Crippen LogP contribution in [0.1, 0.15) is 0 Å². The summed E-state index contributed by atoms with van der Waals surface area (Å²) in [5, 5.41) is 5.34. The molecule has 0 spiro atoms. The molecular weight excluding hydrogens is 386 g/mol. The lowest BCUT2D eigenvalue weighted by atomic mass is 10.0. The Bertz CT molecular complexity index is 1360. The molecule has 6 rings (SSSR count). The third-order valence-corrected chi connectivity index (χ3v) is 5.69. The minimum Gasteiger partial charge on any atom is -0.354 e. The van der Waals surface area contributed by atoms with Crippen molar-refractivity contribution in [1.29, 1.82) is 0 Å². The van der Waals surface area contributed by atoms with E-state index >= 15 is 0 Å². The van der Waals surface area contributed by atoms with Crippen LogP contribution in [-0.4, -0.2) is 38.4 Å². The maximum atomic E-state index is 4.71. The molecule has 4 heterocycles. The summed E-state index contributed by atoms with van der Waals surface area (Å²) in [6.07, 6.45) is 8.89. The second-order valence-electron chi connectivity index (χ2n) is 7.59. The molecule has 7 nitrogen and oxygen atoms in total. The van der Waals surface area contributed by atoms with Gasteiger partial charge in [-0.3, -0.25) is 9.97 Å². The molecule has 0 N–H and O–H groups in total. The summed E-state index contributed by atoms with van der Waals surface area (Å²) in [6, 6.07) is 18.8. The van der Waals surface area contributed by atoms with Gasteiger partial charge in [-0.25, -0.2) is 9.67 Å². The van der Waals surface area contributed by atoms with Crippen LogP contribution in [0.5, 0.6) is 0 Å². The molecule has 150 valence electrons. The number of fused-ring (bicyclic) bond motifs is 3. The van der Waals surface area contributed by atoms with Gasteiger partial charge in [0.1, 0.15) is 12.7 Å². The molecule has 5 aromatic rings. The van der Waals surface area contributed by atoms with Crippen molar-refractivity contribution >= 4 is 28.0 Å². The van der Waals surface area contributed by atoms with Gasteiger partial charge in [-0.2, -0.15) is 5.10 Å². The number of benzene rings is 2. The lowest BCUT2D eigenvalue weighted by Gasteiger charge is -2.21. The molecule has 0 radical (unpaired) electrons. The SMILES string of the molecule is CN1CN(c2ccc(-n3cncn3)cc2)c2c1cnc1ccc(-c3cccnc3)cc21. The Kier molecular flexibility index (Phi) is 3.92. The maximum Gasteiger partial charge on any atom is 0.138 e. The van der Waals surface area contributed by atoms with Crippen molar-refractivity contribution in [2.24, 2.45) is 0 Å². The van der Waals surface area contributed by atoms with Crippen molar-refractivity contribution < 1.29 is 0 Å². The molecule has 7 heteroatoms. The Morgan fingerprint density at radius 3 is 2.52 bits per heavy atom. The highest BCUT2D eigenvalue weighted by Gasteiger charge is 2.27. The summed E-state index contributed by atoms with van der Waals surface area (Å²) in [6.45, 7) is 0.760. The molecular formula is C24H19N7. The zero-order valence-electron chi connectivity index (χ0n) is 16.9. The minimum atomic E-state index is 0.760. The van der Waals surface area contributed by atoms with Crippen molar-refractivity contribution in [3.8, 4) is 16.8 Å². The summed E-state index contributed by atoms with van der Waals surface area (Å²) in [4.78, 5) is 17.6. The molecule has 0 unspecified atom stereocenters. The Hall–Kier alpha value is -4.26. The Balaban J connectivity index is 1.48. The maximum absolute atomic E-state index is 4.71. The highest BCUT2D eigenvalue weighted by molar-refractivity contribution is 6.04. The fraction of sp³-hybridized carbons (Fsp3) is 0.0833. The molecule has 0 saturated heterocycles. The van der Waals surface area contributed by atoms with Crippen molar-refractivity contribution in [1.82, 2.24) is 24.7 Å². The van der Waals surface area contributed by atoms with E-state index in [4.69, 9.17) is 4.98 Å². The van der Waals surface area contributed by atoms with E-state index in [0.29, 0.717) is 0 Å². The molecule has 2 aromatic carbocycles. The average molecular weight is 405 g/mol. The average Bonchev–Trinajstić information content (AvgIpc) is 3.48. The fourth-order valence-corrected chi connectivity index (χ4v) is 4.14. The van der Waals surface area contributed by atoms with Crippen LogP contribution in [0.25, 0.3) is 27.7 Å². The van der Waals surface area contributed by atoms with Gasteiger partial charge in [-0.1, -0.05) is 12.1 Å². The van der Waals surface area contributed by atoms with Gasteiger partial charge in [0, 0.05) is 36.1 Å². The lowest BCUT2D eigenvalue weighted by molar-refractivity contribution is 0.878. The van der Waals surface area contributed by atoms with Crippen molar-refractivity contribution in [3.05, 3.63) is 85.8 Å². The standard InChI is InChI=1S/C24H19N7/c1-29-16-30(19-5-7-20(8-6-19)31-15-26-14-28-31)24-21-11-17(18-3-2-10-25-12-18)4-9-22(21)27-13-23(24)29/h2-15H,16H2,1H3. The van der Waals surface area contributed by atoms with Gasteiger partial charge in [0.05, 0.1) is 35.4 Å². The Labute approximate surface area is 179 Å². The zero-order valence-corrected chi connectivity index (χ0v) is 16.9. The van der Waals surface area contributed by atoms with Gasteiger partial charge in [0.2, 0.25) is 0 Å². The molecule has 0 aliphatic carbocycles. The number of rotatable bonds is 3. The summed E-state index contributed by atoms with van der Waals surface area (Å²) in [5.41, 5.74) is 7.60. The second-order valence-corrected chi connectivity index (χ2v) is 7.59. The minimum absolute atomic E-state index is 0.760. The van der Waals surface area contributed by atoms with Gasteiger partial charge in [-0.15, -0.1) is 0 Å². The van der Waals surface area contributed by atoms with E-state index in [1.165, 1.54) is 5.69 Å². The first-order valence-corrected chi connectivity index (χ1v) is 10.0. The van der Waals surface area contributed by atoms with Gasteiger partial charge in [0.25, 0.3) is 0 Å².